The van der Waals surface area contributed by atoms with Crippen molar-refractivity contribution in [3.05, 3.63) is 11.6 Å². The van der Waals surface area contributed by atoms with E-state index in [1.165, 1.54) is 0 Å². The van der Waals surface area contributed by atoms with Gasteiger partial charge in [0, 0.05) is 31.1 Å². The van der Waals surface area contributed by atoms with Crippen LogP contribution in [0.4, 0.5) is 0 Å². The first-order valence-corrected chi connectivity index (χ1v) is 11.3. The van der Waals surface area contributed by atoms with Crippen LogP contribution >= 0.6 is 0 Å². The largest absolute Gasteiger partial charge is 0.365 e. The van der Waals surface area contributed by atoms with E-state index < -0.39 is 22.8 Å². The SMILES string of the molecule is CC12CCC(O)(O)CC1=CCC1C2C(O)(O)CC2(C)C1CC[C@@H]2C1(C)OCCO1. The zero-order chi connectivity index (χ0) is 20.9. The molecule has 5 rings (SSSR count). The van der Waals surface area contributed by atoms with Crippen molar-refractivity contribution in [3.63, 3.8) is 0 Å². The first-order chi connectivity index (χ1) is 13.4. The Hall–Kier alpha value is -0.500. The molecule has 0 aromatic carbocycles. The molecule has 6 atom stereocenters. The second-order valence-corrected chi connectivity index (χ2v) is 11.2. The van der Waals surface area contributed by atoms with E-state index in [1.54, 1.807) is 0 Å². The first-order valence-electron chi connectivity index (χ1n) is 11.3. The highest BCUT2D eigenvalue weighted by molar-refractivity contribution is 5.28. The molecule has 1 aliphatic heterocycles. The fraction of sp³-hybridized carbons (Fsp3) is 0.913. The molecule has 164 valence electrons. The smallest absolute Gasteiger partial charge is 0.169 e. The molecule has 4 fully saturated rings. The number of hydrogen-bond acceptors (Lipinski definition) is 6. The Labute approximate surface area is 172 Å². The second-order valence-electron chi connectivity index (χ2n) is 11.2. The third-order valence-electron chi connectivity index (χ3n) is 9.56. The lowest BCUT2D eigenvalue weighted by molar-refractivity contribution is -0.310. The molecule has 6 nitrogen and oxygen atoms in total. The van der Waals surface area contributed by atoms with Gasteiger partial charge in [0.05, 0.1) is 13.2 Å². The molecule has 1 heterocycles. The van der Waals surface area contributed by atoms with E-state index in [0.29, 0.717) is 32.0 Å². The molecular formula is C23H36O6. The fourth-order valence-corrected chi connectivity index (χ4v) is 8.50. The highest BCUT2D eigenvalue weighted by Crippen LogP contribution is 2.70. The molecule has 0 radical (unpaired) electrons. The summed E-state index contributed by atoms with van der Waals surface area (Å²) in [6, 6.07) is 0. The van der Waals surface area contributed by atoms with Gasteiger partial charge in [-0.05, 0) is 55.3 Å². The molecule has 0 aromatic heterocycles. The Morgan fingerprint density at radius 1 is 0.966 bits per heavy atom. The van der Waals surface area contributed by atoms with Crippen LogP contribution in [0, 0.1) is 34.5 Å². The molecule has 0 spiro atoms. The molecule has 0 bridgehead atoms. The van der Waals surface area contributed by atoms with Crippen molar-refractivity contribution >= 4 is 0 Å². The van der Waals surface area contributed by atoms with Gasteiger partial charge in [0.15, 0.2) is 17.4 Å². The van der Waals surface area contributed by atoms with E-state index >= 15 is 0 Å². The Morgan fingerprint density at radius 3 is 2.34 bits per heavy atom. The van der Waals surface area contributed by atoms with Crippen molar-refractivity contribution in [3.8, 4) is 0 Å². The van der Waals surface area contributed by atoms with Gasteiger partial charge in [-0.15, -0.1) is 0 Å². The third kappa shape index (κ3) is 2.76. The second kappa shape index (κ2) is 6.05. The van der Waals surface area contributed by atoms with Crippen LogP contribution in [0.3, 0.4) is 0 Å². The lowest BCUT2D eigenvalue weighted by Crippen LogP contribution is -2.64. The van der Waals surface area contributed by atoms with Crippen LogP contribution in [-0.4, -0.2) is 51.0 Å². The van der Waals surface area contributed by atoms with Gasteiger partial charge in [-0.25, -0.2) is 0 Å². The van der Waals surface area contributed by atoms with E-state index in [4.69, 9.17) is 9.47 Å². The topological polar surface area (TPSA) is 99.4 Å². The van der Waals surface area contributed by atoms with Crippen molar-refractivity contribution in [2.24, 2.45) is 34.5 Å². The van der Waals surface area contributed by atoms with Gasteiger partial charge in [-0.2, -0.15) is 0 Å². The van der Waals surface area contributed by atoms with Crippen molar-refractivity contribution in [1.82, 2.24) is 0 Å². The standard InChI is InChI=1S/C23H36O6/c1-19-8-9-22(24,25)12-14(19)4-5-15-16-6-7-17(21(3)28-10-11-29-21)20(16,2)13-23(26,27)18(15)19/h4,15-18,24-27H,5-13H2,1-3H3/t15?,16?,17-,18?,19?,20?/m0/s1. The lowest BCUT2D eigenvalue weighted by atomic mass is 9.45. The number of aliphatic hydroxyl groups is 4. The molecule has 6 heteroatoms. The van der Waals surface area contributed by atoms with Crippen LogP contribution in [-0.2, 0) is 9.47 Å². The summed E-state index contributed by atoms with van der Waals surface area (Å²) in [5, 5.41) is 43.3. The van der Waals surface area contributed by atoms with Gasteiger partial charge in [0.25, 0.3) is 0 Å². The van der Waals surface area contributed by atoms with Gasteiger partial charge < -0.3 is 29.9 Å². The van der Waals surface area contributed by atoms with Gasteiger partial charge >= 0.3 is 0 Å². The Balaban J connectivity index is 1.53. The van der Waals surface area contributed by atoms with Crippen LogP contribution < -0.4 is 0 Å². The maximum Gasteiger partial charge on any atom is 0.169 e. The Bertz CT molecular complexity index is 723. The summed E-state index contributed by atoms with van der Waals surface area (Å²) in [6.45, 7) is 7.52. The van der Waals surface area contributed by atoms with Crippen molar-refractivity contribution in [2.45, 2.75) is 83.1 Å². The van der Waals surface area contributed by atoms with E-state index in [1.807, 2.05) is 6.92 Å². The first kappa shape index (κ1) is 20.4. The van der Waals surface area contributed by atoms with E-state index in [0.717, 1.165) is 24.8 Å². The maximum atomic E-state index is 11.5. The highest BCUT2D eigenvalue weighted by Gasteiger charge is 2.69. The molecule has 3 saturated carbocycles. The van der Waals surface area contributed by atoms with Crippen LogP contribution in [0.5, 0.6) is 0 Å². The summed E-state index contributed by atoms with van der Waals surface area (Å²) in [6.07, 6.45) is 6.29. The highest BCUT2D eigenvalue weighted by atomic mass is 16.7. The van der Waals surface area contributed by atoms with Crippen LogP contribution in [0.25, 0.3) is 0 Å². The van der Waals surface area contributed by atoms with E-state index in [9.17, 15) is 20.4 Å². The minimum atomic E-state index is -1.80. The van der Waals surface area contributed by atoms with Crippen LogP contribution in [0.15, 0.2) is 11.6 Å². The molecular weight excluding hydrogens is 372 g/mol. The summed E-state index contributed by atoms with van der Waals surface area (Å²) in [5.41, 5.74) is 0.304. The van der Waals surface area contributed by atoms with Crippen molar-refractivity contribution in [2.75, 3.05) is 13.2 Å². The number of rotatable bonds is 1. The predicted octanol–water partition coefficient (Wildman–Crippen LogP) is 2.30. The van der Waals surface area contributed by atoms with Crippen molar-refractivity contribution in [1.29, 1.82) is 0 Å². The molecule has 4 aliphatic carbocycles. The summed E-state index contributed by atoms with van der Waals surface area (Å²) < 4.78 is 12.0. The summed E-state index contributed by atoms with van der Waals surface area (Å²) in [7, 11) is 0. The molecule has 1 saturated heterocycles. The number of hydrogen-bond donors (Lipinski definition) is 4. The van der Waals surface area contributed by atoms with Gasteiger partial charge in [-0.3, -0.25) is 0 Å². The lowest BCUT2D eigenvalue weighted by Gasteiger charge is -2.63. The molecule has 29 heavy (non-hydrogen) atoms. The molecule has 0 aromatic rings. The number of fused-ring (bicyclic) bond motifs is 5. The average Bonchev–Trinajstić information content (AvgIpc) is 3.18. The molecule has 0 amide bonds. The number of allylic oxidation sites excluding steroid dienone is 1. The minimum Gasteiger partial charge on any atom is -0.365 e. The minimum absolute atomic E-state index is 0.134. The zero-order valence-electron chi connectivity index (χ0n) is 17.9. The fourth-order valence-electron chi connectivity index (χ4n) is 8.50. The Morgan fingerprint density at radius 2 is 1.66 bits per heavy atom. The van der Waals surface area contributed by atoms with Crippen LogP contribution in [0.2, 0.25) is 0 Å². The molecule has 5 aliphatic rings. The molecule has 4 N–H and O–H groups in total. The third-order valence-corrected chi connectivity index (χ3v) is 9.56. The van der Waals surface area contributed by atoms with E-state index in [-0.39, 0.29) is 36.0 Å². The maximum absolute atomic E-state index is 11.5. The average molecular weight is 409 g/mol. The summed E-state index contributed by atoms with van der Waals surface area (Å²) >= 11 is 0. The normalized spacial score (nSPS) is 49.7. The van der Waals surface area contributed by atoms with Gasteiger partial charge in [-0.1, -0.05) is 25.5 Å². The number of ether oxygens (including phenoxy) is 2. The zero-order valence-corrected chi connectivity index (χ0v) is 17.9. The van der Waals surface area contributed by atoms with Crippen LogP contribution in [0.1, 0.15) is 65.7 Å². The van der Waals surface area contributed by atoms with E-state index in [2.05, 4.69) is 19.9 Å². The summed E-state index contributed by atoms with van der Waals surface area (Å²) in [4.78, 5) is 0. The van der Waals surface area contributed by atoms with Gasteiger partial charge in [0.2, 0.25) is 0 Å². The predicted molar refractivity (Wildman–Crippen MR) is 105 cm³/mol. The van der Waals surface area contributed by atoms with Crippen molar-refractivity contribution < 1.29 is 29.9 Å². The quantitative estimate of drug-likeness (QED) is 0.393. The monoisotopic (exact) mass is 408 g/mol. The summed E-state index contributed by atoms with van der Waals surface area (Å²) in [5.74, 6) is -3.75. The molecule has 5 unspecified atom stereocenters. The van der Waals surface area contributed by atoms with Gasteiger partial charge in [0.1, 0.15) is 0 Å². The Kier molecular flexibility index (Phi) is 4.26.